The average molecular weight is 143 g/mol. The number of unbranched alkanes of at least 4 members (excludes halogenated alkanes) is 1. The van der Waals surface area contributed by atoms with E-state index in [1.54, 1.807) is 0 Å². The predicted octanol–water partition coefficient (Wildman–Crippen LogP) is 2.81. The maximum absolute atomic E-state index is 5.38. The molecule has 0 spiro atoms. The number of hydrogen-bond donors (Lipinski definition) is 0. The zero-order chi connectivity index (χ0) is 7.82. The summed E-state index contributed by atoms with van der Waals surface area (Å²) in [4.78, 5) is 0. The van der Waals surface area contributed by atoms with Gasteiger partial charge in [-0.15, -0.1) is 0 Å². The molecule has 0 saturated carbocycles. The molecule has 0 aromatic rings. The van der Waals surface area contributed by atoms with E-state index in [-0.39, 0.29) is 6.10 Å². The van der Waals surface area contributed by atoms with Crippen LogP contribution in [0.1, 0.15) is 39.5 Å². The lowest BCUT2D eigenvalue weighted by Crippen LogP contribution is -2.08. The van der Waals surface area contributed by atoms with Crippen LogP contribution in [0.15, 0.2) is 0 Å². The minimum Gasteiger partial charge on any atom is -0.378 e. The molecule has 1 atom stereocenters. The Morgan fingerprint density at radius 3 is 2.50 bits per heavy atom. The first-order valence-corrected chi connectivity index (χ1v) is 4.26. The van der Waals surface area contributed by atoms with Crippen molar-refractivity contribution >= 4 is 0 Å². The Kier molecular flexibility index (Phi) is 7.04. The van der Waals surface area contributed by atoms with Crippen LogP contribution >= 0.6 is 0 Å². The second kappa shape index (κ2) is 7.07. The van der Waals surface area contributed by atoms with E-state index < -0.39 is 0 Å². The fourth-order valence-corrected chi connectivity index (χ4v) is 0.800. The van der Waals surface area contributed by atoms with Crippen LogP contribution < -0.4 is 0 Å². The zero-order valence-electron chi connectivity index (χ0n) is 7.23. The van der Waals surface area contributed by atoms with E-state index >= 15 is 0 Å². The zero-order valence-corrected chi connectivity index (χ0v) is 7.23. The third-order valence-corrected chi connectivity index (χ3v) is 1.44. The Labute approximate surface area is 64.8 Å². The number of rotatable bonds is 6. The maximum Gasteiger partial charge on any atom is 0.0576 e. The maximum atomic E-state index is 5.38. The van der Waals surface area contributed by atoms with Gasteiger partial charge in [-0.05, 0) is 19.8 Å². The highest BCUT2D eigenvalue weighted by molar-refractivity contribution is 4.58. The van der Waals surface area contributed by atoms with Gasteiger partial charge in [-0.1, -0.05) is 26.7 Å². The molecular weight excluding hydrogens is 124 g/mol. The summed E-state index contributed by atoms with van der Waals surface area (Å²) in [6.45, 7) is 9.05. The van der Waals surface area contributed by atoms with Crippen molar-refractivity contribution in [3.05, 3.63) is 6.92 Å². The van der Waals surface area contributed by atoms with Gasteiger partial charge >= 0.3 is 0 Å². The number of hydrogen-bond acceptors (Lipinski definition) is 1. The van der Waals surface area contributed by atoms with Crippen molar-refractivity contribution in [2.45, 2.75) is 45.6 Å². The van der Waals surface area contributed by atoms with Crippen molar-refractivity contribution in [2.75, 3.05) is 6.61 Å². The lowest BCUT2D eigenvalue weighted by Gasteiger charge is -2.10. The predicted molar refractivity (Wildman–Crippen MR) is 44.9 cm³/mol. The van der Waals surface area contributed by atoms with Crippen molar-refractivity contribution < 1.29 is 4.74 Å². The molecular formula is C9H19O. The molecule has 0 fully saturated rings. The Morgan fingerprint density at radius 1 is 1.30 bits per heavy atom. The lowest BCUT2D eigenvalue weighted by atomic mass is 10.2. The summed E-state index contributed by atoms with van der Waals surface area (Å²) in [6.07, 6.45) is 4.90. The molecule has 1 heteroatoms. The van der Waals surface area contributed by atoms with Crippen molar-refractivity contribution in [1.29, 1.82) is 0 Å². The van der Waals surface area contributed by atoms with E-state index in [2.05, 4.69) is 20.8 Å². The fraction of sp³-hybridized carbons (Fsp3) is 0.889. The van der Waals surface area contributed by atoms with Crippen LogP contribution in [0.5, 0.6) is 0 Å². The SMILES string of the molecule is [CH2]C(CCCC)OCCC. The summed E-state index contributed by atoms with van der Waals surface area (Å²) in [5, 5.41) is 0. The highest BCUT2D eigenvalue weighted by Gasteiger charge is 1.98. The van der Waals surface area contributed by atoms with Gasteiger partial charge in [0.15, 0.2) is 0 Å². The summed E-state index contributed by atoms with van der Waals surface area (Å²) in [5.74, 6) is 0. The van der Waals surface area contributed by atoms with Crippen molar-refractivity contribution in [2.24, 2.45) is 0 Å². The van der Waals surface area contributed by atoms with Crippen molar-refractivity contribution in [3.8, 4) is 0 Å². The molecule has 1 unspecified atom stereocenters. The molecule has 0 saturated heterocycles. The first kappa shape index (κ1) is 9.96. The van der Waals surface area contributed by atoms with Gasteiger partial charge in [0, 0.05) is 6.61 Å². The van der Waals surface area contributed by atoms with Gasteiger partial charge < -0.3 is 4.74 Å². The van der Waals surface area contributed by atoms with Crippen LogP contribution in [0, 0.1) is 6.92 Å². The minimum atomic E-state index is 0.222. The van der Waals surface area contributed by atoms with Gasteiger partial charge in [0.2, 0.25) is 0 Å². The normalized spacial score (nSPS) is 13.5. The summed E-state index contributed by atoms with van der Waals surface area (Å²) < 4.78 is 5.38. The molecule has 0 N–H and O–H groups in total. The van der Waals surface area contributed by atoms with Crippen LogP contribution in [0.4, 0.5) is 0 Å². The van der Waals surface area contributed by atoms with Crippen molar-refractivity contribution in [3.63, 3.8) is 0 Å². The van der Waals surface area contributed by atoms with Crippen LogP contribution in [0.2, 0.25) is 0 Å². The second-order valence-electron chi connectivity index (χ2n) is 2.64. The van der Waals surface area contributed by atoms with Crippen molar-refractivity contribution in [1.82, 2.24) is 0 Å². The molecule has 10 heavy (non-hydrogen) atoms. The van der Waals surface area contributed by atoms with E-state index in [0.717, 1.165) is 19.4 Å². The van der Waals surface area contributed by atoms with Crippen LogP contribution in [-0.2, 0) is 4.74 Å². The fourth-order valence-electron chi connectivity index (χ4n) is 0.800. The second-order valence-corrected chi connectivity index (χ2v) is 2.64. The van der Waals surface area contributed by atoms with Crippen LogP contribution in [0.3, 0.4) is 0 Å². The standard InChI is InChI=1S/C9H19O/c1-4-6-7-9(3)10-8-5-2/h9H,3-8H2,1-2H3. The summed E-state index contributed by atoms with van der Waals surface area (Å²) in [7, 11) is 0. The monoisotopic (exact) mass is 143 g/mol. The Balaban J connectivity index is 3.00. The van der Waals surface area contributed by atoms with Gasteiger partial charge in [0.25, 0.3) is 0 Å². The summed E-state index contributed by atoms with van der Waals surface area (Å²) in [5.41, 5.74) is 0. The van der Waals surface area contributed by atoms with E-state index in [1.165, 1.54) is 12.8 Å². The van der Waals surface area contributed by atoms with Crippen LogP contribution in [-0.4, -0.2) is 12.7 Å². The Bertz CT molecular complexity index is 53.7. The van der Waals surface area contributed by atoms with Gasteiger partial charge in [-0.3, -0.25) is 0 Å². The summed E-state index contributed by atoms with van der Waals surface area (Å²) in [6, 6.07) is 0. The molecule has 0 aliphatic heterocycles. The number of ether oxygens (including phenoxy) is 1. The first-order chi connectivity index (χ1) is 4.81. The third-order valence-electron chi connectivity index (χ3n) is 1.44. The molecule has 0 aliphatic rings. The largest absolute Gasteiger partial charge is 0.378 e. The van der Waals surface area contributed by atoms with Gasteiger partial charge in [0.1, 0.15) is 0 Å². The van der Waals surface area contributed by atoms with E-state index in [1.807, 2.05) is 0 Å². The topological polar surface area (TPSA) is 9.23 Å². The minimum absolute atomic E-state index is 0.222. The molecule has 1 radical (unpaired) electrons. The average Bonchev–Trinajstić information content (AvgIpc) is 1.97. The molecule has 0 aromatic carbocycles. The molecule has 0 aromatic heterocycles. The lowest BCUT2D eigenvalue weighted by molar-refractivity contribution is 0.0766. The van der Waals surface area contributed by atoms with Gasteiger partial charge in [-0.25, -0.2) is 0 Å². The van der Waals surface area contributed by atoms with E-state index in [9.17, 15) is 0 Å². The summed E-state index contributed by atoms with van der Waals surface area (Å²) >= 11 is 0. The quantitative estimate of drug-likeness (QED) is 0.555. The molecule has 0 heterocycles. The van der Waals surface area contributed by atoms with E-state index in [0.29, 0.717) is 0 Å². The molecule has 0 rings (SSSR count). The first-order valence-electron chi connectivity index (χ1n) is 4.26. The Hall–Kier alpha value is -0.0400. The van der Waals surface area contributed by atoms with E-state index in [4.69, 9.17) is 4.74 Å². The highest BCUT2D eigenvalue weighted by Crippen LogP contribution is 2.03. The van der Waals surface area contributed by atoms with Gasteiger partial charge in [0.05, 0.1) is 6.10 Å². The van der Waals surface area contributed by atoms with Crippen LogP contribution in [0.25, 0.3) is 0 Å². The Morgan fingerprint density at radius 2 is 2.00 bits per heavy atom. The molecule has 0 aliphatic carbocycles. The highest BCUT2D eigenvalue weighted by atomic mass is 16.5. The molecule has 0 amide bonds. The van der Waals surface area contributed by atoms with Gasteiger partial charge in [-0.2, -0.15) is 0 Å². The smallest absolute Gasteiger partial charge is 0.0576 e. The molecule has 1 nitrogen and oxygen atoms in total. The molecule has 61 valence electrons. The molecule has 0 bridgehead atoms. The third kappa shape index (κ3) is 6.09.